The molecule has 0 unspecified atom stereocenters. The van der Waals surface area contributed by atoms with Gasteiger partial charge in [0, 0.05) is 25.2 Å². The molecule has 1 saturated carbocycles. The molecular formula is C16H24N2O3S. The molecule has 122 valence electrons. The molecule has 2 rings (SSSR count). The van der Waals surface area contributed by atoms with E-state index in [0.717, 1.165) is 25.7 Å². The Kier molecular flexibility index (Phi) is 5.58. The minimum absolute atomic E-state index is 0.0850. The Hall–Kier alpha value is -1.40. The average molecular weight is 324 g/mol. The molecule has 0 atom stereocenters. The predicted octanol–water partition coefficient (Wildman–Crippen LogP) is 2.39. The SMILES string of the molecule is CCNC(=O)c1ccc(S(=O)(=O)N(C)C2CCCCC2)cc1. The average Bonchev–Trinajstić information content (AvgIpc) is 2.55. The van der Waals surface area contributed by atoms with E-state index in [1.807, 2.05) is 6.92 Å². The number of benzene rings is 1. The Balaban J connectivity index is 2.16. The normalized spacial score (nSPS) is 16.7. The standard InChI is InChI=1S/C16H24N2O3S/c1-3-17-16(19)13-9-11-15(12-10-13)22(20,21)18(2)14-7-5-4-6-8-14/h9-12,14H,3-8H2,1-2H3,(H,17,19). The second kappa shape index (κ2) is 7.24. The number of hydrogen-bond acceptors (Lipinski definition) is 3. The van der Waals surface area contributed by atoms with Gasteiger partial charge in [-0.2, -0.15) is 4.31 Å². The summed E-state index contributed by atoms with van der Waals surface area (Å²) < 4.78 is 26.8. The van der Waals surface area contributed by atoms with Crippen LogP contribution in [0.5, 0.6) is 0 Å². The molecule has 0 saturated heterocycles. The molecule has 0 aromatic heterocycles. The highest BCUT2D eigenvalue weighted by molar-refractivity contribution is 7.89. The molecule has 0 spiro atoms. The molecule has 1 aromatic rings. The van der Waals surface area contributed by atoms with Crippen LogP contribution in [0.2, 0.25) is 0 Å². The maximum Gasteiger partial charge on any atom is 0.251 e. The van der Waals surface area contributed by atoms with Gasteiger partial charge in [0.05, 0.1) is 4.90 Å². The highest BCUT2D eigenvalue weighted by atomic mass is 32.2. The summed E-state index contributed by atoms with van der Waals surface area (Å²) >= 11 is 0. The molecule has 0 bridgehead atoms. The molecule has 1 fully saturated rings. The molecule has 0 heterocycles. The third kappa shape index (κ3) is 3.67. The lowest BCUT2D eigenvalue weighted by Crippen LogP contribution is -2.38. The fraction of sp³-hybridized carbons (Fsp3) is 0.562. The maximum atomic E-state index is 12.7. The van der Waals surface area contributed by atoms with Crippen LogP contribution >= 0.6 is 0 Å². The quantitative estimate of drug-likeness (QED) is 0.904. The Labute approximate surface area is 132 Å². The van der Waals surface area contributed by atoms with E-state index >= 15 is 0 Å². The monoisotopic (exact) mass is 324 g/mol. The summed E-state index contributed by atoms with van der Waals surface area (Å²) in [5.74, 6) is -0.188. The van der Waals surface area contributed by atoms with Crippen LogP contribution in [0.15, 0.2) is 29.2 Å². The van der Waals surface area contributed by atoms with Crippen molar-refractivity contribution >= 4 is 15.9 Å². The Morgan fingerprint density at radius 1 is 1.18 bits per heavy atom. The molecule has 22 heavy (non-hydrogen) atoms. The number of carbonyl (C=O) groups is 1. The first-order valence-electron chi connectivity index (χ1n) is 7.83. The minimum atomic E-state index is -3.49. The molecule has 0 radical (unpaired) electrons. The Morgan fingerprint density at radius 2 is 1.77 bits per heavy atom. The molecule has 1 amide bonds. The van der Waals surface area contributed by atoms with Gasteiger partial charge < -0.3 is 5.32 Å². The molecule has 0 aliphatic heterocycles. The topological polar surface area (TPSA) is 66.5 Å². The fourth-order valence-electron chi connectivity index (χ4n) is 2.85. The summed E-state index contributed by atoms with van der Waals surface area (Å²) in [7, 11) is -1.84. The highest BCUT2D eigenvalue weighted by Crippen LogP contribution is 2.26. The van der Waals surface area contributed by atoms with Crippen molar-refractivity contribution in [2.45, 2.75) is 50.0 Å². The molecular weight excluding hydrogens is 300 g/mol. The number of carbonyl (C=O) groups excluding carboxylic acids is 1. The molecule has 1 aliphatic rings. The predicted molar refractivity (Wildman–Crippen MR) is 86.3 cm³/mol. The molecule has 5 nitrogen and oxygen atoms in total. The Morgan fingerprint density at radius 3 is 2.32 bits per heavy atom. The number of hydrogen-bond donors (Lipinski definition) is 1. The van der Waals surface area contributed by atoms with Crippen molar-refractivity contribution in [3.8, 4) is 0 Å². The number of nitrogens with one attached hydrogen (secondary N) is 1. The molecule has 1 aromatic carbocycles. The van der Waals surface area contributed by atoms with Gasteiger partial charge in [0.15, 0.2) is 0 Å². The summed E-state index contributed by atoms with van der Waals surface area (Å²) in [6.45, 7) is 2.39. The fourth-order valence-corrected chi connectivity index (χ4v) is 4.26. The summed E-state index contributed by atoms with van der Waals surface area (Å²) in [5, 5.41) is 2.70. The van der Waals surface area contributed by atoms with Crippen LogP contribution in [0.4, 0.5) is 0 Å². The summed E-state index contributed by atoms with van der Waals surface area (Å²) in [6.07, 6.45) is 5.20. The van der Waals surface area contributed by atoms with Gasteiger partial charge in [0.2, 0.25) is 10.0 Å². The van der Waals surface area contributed by atoms with Crippen LogP contribution in [0, 0.1) is 0 Å². The van der Waals surface area contributed by atoms with Crippen LogP contribution in [-0.4, -0.2) is 38.3 Å². The van der Waals surface area contributed by atoms with Crippen molar-refractivity contribution in [1.29, 1.82) is 0 Å². The number of sulfonamides is 1. The minimum Gasteiger partial charge on any atom is -0.352 e. The molecule has 1 N–H and O–H groups in total. The van der Waals surface area contributed by atoms with Gasteiger partial charge >= 0.3 is 0 Å². The van der Waals surface area contributed by atoms with Crippen molar-refractivity contribution in [3.05, 3.63) is 29.8 Å². The van der Waals surface area contributed by atoms with Crippen molar-refractivity contribution in [1.82, 2.24) is 9.62 Å². The van der Waals surface area contributed by atoms with Crippen molar-refractivity contribution in [2.75, 3.05) is 13.6 Å². The largest absolute Gasteiger partial charge is 0.352 e. The summed E-state index contributed by atoms with van der Waals surface area (Å²) in [4.78, 5) is 12.0. The van der Waals surface area contributed by atoms with Crippen LogP contribution in [0.1, 0.15) is 49.4 Å². The number of amides is 1. The van der Waals surface area contributed by atoms with E-state index in [9.17, 15) is 13.2 Å². The molecule has 1 aliphatic carbocycles. The van der Waals surface area contributed by atoms with Crippen LogP contribution in [0.3, 0.4) is 0 Å². The first kappa shape index (κ1) is 17.0. The van der Waals surface area contributed by atoms with Gasteiger partial charge in [0.25, 0.3) is 5.91 Å². The van der Waals surface area contributed by atoms with Gasteiger partial charge in [0.1, 0.15) is 0 Å². The van der Waals surface area contributed by atoms with E-state index in [1.54, 1.807) is 19.2 Å². The van der Waals surface area contributed by atoms with E-state index in [1.165, 1.54) is 22.9 Å². The lowest BCUT2D eigenvalue weighted by molar-refractivity contribution is 0.0955. The van der Waals surface area contributed by atoms with Crippen LogP contribution in [-0.2, 0) is 10.0 Å². The maximum absolute atomic E-state index is 12.7. The van der Waals surface area contributed by atoms with E-state index < -0.39 is 10.0 Å². The van der Waals surface area contributed by atoms with Gasteiger partial charge in [-0.05, 0) is 44.0 Å². The number of nitrogens with zero attached hydrogens (tertiary/aromatic N) is 1. The first-order chi connectivity index (χ1) is 10.5. The smallest absolute Gasteiger partial charge is 0.251 e. The van der Waals surface area contributed by atoms with Gasteiger partial charge in [-0.1, -0.05) is 19.3 Å². The second-order valence-electron chi connectivity index (χ2n) is 5.70. The van der Waals surface area contributed by atoms with Gasteiger partial charge in [-0.3, -0.25) is 4.79 Å². The lowest BCUT2D eigenvalue weighted by atomic mass is 9.96. The van der Waals surface area contributed by atoms with Crippen LogP contribution < -0.4 is 5.32 Å². The lowest BCUT2D eigenvalue weighted by Gasteiger charge is -2.30. The van der Waals surface area contributed by atoms with Crippen LogP contribution in [0.25, 0.3) is 0 Å². The van der Waals surface area contributed by atoms with E-state index in [2.05, 4.69) is 5.32 Å². The zero-order chi connectivity index (χ0) is 16.2. The van der Waals surface area contributed by atoms with Gasteiger partial charge in [-0.15, -0.1) is 0 Å². The third-order valence-corrected chi connectivity index (χ3v) is 6.14. The first-order valence-corrected chi connectivity index (χ1v) is 9.27. The zero-order valence-electron chi connectivity index (χ0n) is 13.2. The number of rotatable bonds is 5. The summed E-state index contributed by atoms with van der Waals surface area (Å²) in [6, 6.07) is 6.24. The second-order valence-corrected chi connectivity index (χ2v) is 7.69. The van der Waals surface area contributed by atoms with Crippen molar-refractivity contribution in [3.63, 3.8) is 0 Å². The van der Waals surface area contributed by atoms with Gasteiger partial charge in [-0.25, -0.2) is 8.42 Å². The van der Waals surface area contributed by atoms with Crippen molar-refractivity contribution in [2.24, 2.45) is 0 Å². The van der Waals surface area contributed by atoms with Crippen molar-refractivity contribution < 1.29 is 13.2 Å². The Bertz CT molecular complexity index is 605. The molecule has 6 heteroatoms. The summed E-state index contributed by atoms with van der Waals surface area (Å²) in [5.41, 5.74) is 0.473. The van der Waals surface area contributed by atoms with E-state index in [0.29, 0.717) is 12.1 Å². The van der Waals surface area contributed by atoms with E-state index in [-0.39, 0.29) is 16.8 Å². The highest BCUT2D eigenvalue weighted by Gasteiger charge is 2.29. The zero-order valence-corrected chi connectivity index (χ0v) is 14.0. The third-order valence-electron chi connectivity index (χ3n) is 4.22. The van der Waals surface area contributed by atoms with E-state index in [4.69, 9.17) is 0 Å².